The molecule has 1 saturated carbocycles. The smallest absolute Gasteiger partial charge is 0.119 e. The first-order chi connectivity index (χ1) is 8.42. The van der Waals surface area contributed by atoms with Crippen LogP contribution in [0.25, 0.3) is 0 Å². The van der Waals surface area contributed by atoms with Crippen LogP contribution >= 0.6 is 0 Å². The van der Waals surface area contributed by atoms with Crippen LogP contribution in [0.5, 0.6) is 5.75 Å². The highest BCUT2D eigenvalue weighted by molar-refractivity contribution is 5.29. The van der Waals surface area contributed by atoms with Crippen molar-refractivity contribution < 1.29 is 4.74 Å². The lowest BCUT2D eigenvalue weighted by Gasteiger charge is -2.32. The maximum Gasteiger partial charge on any atom is 0.119 e. The molecule has 1 aromatic rings. The van der Waals surface area contributed by atoms with Gasteiger partial charge in [-0.2, -0.15) is 0 Å². The predicted molar refractivity (Wildman–Crippen MR) is 75.8 cm³/mol. The molecule has 2 nitrogen and oxygen atoms in total. The minimum absolute atomic E-state index is 0.331. The van der Waals surface area contributed by atoms with Crippen LogP contribution in [-0.2, 0) is 6.42 Å². The Morgan fingerprint density at radius 2 is 2.00 bits per heavy atom. The van der Waals surface area contributed by atoms with Gasteiger partial charge in [0.1, 0.15) is 11.9 Å². The van der Waals surface area contributed by atoms with Gasteiger partial charge in [-0.15, -0.1) is 0 Å². The van der Waals surface area contributed by atoms with Crippen molar-refractivity contribution in [2.24, 2.45) is 11.1 Å². The molecule has 2 N–H and O–H groups in total. The molecule has 0 amide bonds. The summed E-state index contributed by atoms with van der Waals surface area (Å²) in [7, 11) is 0. The van der Waals surface area contributed by atoms with E-state index in [1.54, 1.807) is 0 Å². The fraction of sp³-hybridized carbons (Fsp3) is 0.625. The number of ether oxygens (including phenoxy) is 1. The van der Waals surface area contributed by atoms with E-state index in [1.165, 1.54) is 12.0 Å². The molecule has 1 fully saturated rings. The van der Waals surface area contributed by atoms with Crippen molar-refractivity contribution in [3.05, 3.63) is 29.8 Å². The Labute approximate surface area is 111 Å². The van der Waals surface area contributed by atoms with Gasteiger partial charge in [0, 0.05) is 6.04 Å². The molecular weight excluding hydrogens is 222 g/mol. The quantitative estimate of drug-likeness (QED) is 0.883. The lowest BCUT2D eigenvalue weighted by atomic mass is 9.88. The second-order valence-corrected chi connectivity index (χ2v) is 6.68. The number of aryl methyl sites for hydroxylation is 1. The SMILES string of the molecule is CC(C)(C)CCc1cccc(O[C@H]2C[C@H](N)C2)c1. The van der Waals surface area contributed by atoms with Crippen molar-refractivity contribution in [3.63, 3.8) is 0 Å². The van der Waals surface area contributed by atoms with E-state index < -0.39 is 0 Å². The molecule has 1 aliphatic carbocycles. The molecule has 0 bridgehead atoms. The Morgan fingerprint density at radius 3 is 2.61 bits per heavy atom. The number of hydrogen-bond acceptors (Lipinski definition) is 2. The summed E-state index contributed by atoms with van der Waals surface area (Å²) in [5, 5.41) is 0. The predicted octanol–water partition coefficient (Wildman–Crippen LogP) is 3.53. The molecule has 0 aromatic heterocycles. The standard InChI is InChI=1S/C16H25NO/c1-16(2,3)8-7-12-5-4-6-14(9-12)18-15-10-13(17)11-15/h4-6,9,13,15H,7-8,10-11,17H2,1-3H3/t13-,15-. The summed E-state index contributed by atoms with van der Waals surface area (Å²) >= 11 is 0. The second kappa shape index (κ2) is 5.31. The summed E-state index contributed by atoms with van der Waals surface area (Å²) in [6.45, 7) is 6.84. The van der Waals surface area contributed by atoms with E-state index in [4.69, 9.17) is 10.5 Å². The highest BCUT2D eigenvalue weighted by Crippen LogP contribution is 2.26. The van der Waals surface area contributed by atoms with Gasteiger partial charge in [-0.3, -0.25) is 0 Å². The molecule has 2 heteroatoms. The molecule has 0 unspecified atom stereocenters. The first kappa shape index (κ1) is 13.4. The monoisotopic (exact) mass is 247 g/mol. The Kier molecular flexibility index (Phi) is 3.96. The van der Waals surface area contributed by atoms with E-state index in [-0.39, 0.29) is 0 Å². The zero-order valence-electron chi connectivity index (χ0n) is 11.8. The summed E-state index contributed by atoms with van der Waals surface area (Å²) in [4.78, 5) is 0. The Bertz CT molecular complexity index is 388. The minimum atomic E-state index is 0.331. The molecule has 2 rings (SSSR count). The van der Waals surface area contributed by atoms with E-state index in [1.807, 2.05) is 6.07 Å². The number of hydrogen-bond donors (Lipinski definition) is 1. The first-order valence-corrected chi connectivity index (χ1v) is 6.93. The van der Waals surface area contributed by atoms with Gasteiger partial charge in [-0.05, 0) is 48.8 Å². The first-order valence-electron chi connectivity index (χ1n) is 6.93. The van der Waals surface area contributed by atoms with Gasteiger partial charge in [0.15, 0.2) is 0 Å². The molecule has 100 valence electrons. The maximum absolute atomic E-state index is 5.91. The van der Waals surface area contributed by atoms with Crippen LogP contribution in [0.4, 0.5) is 0 Å². The normalized spacial score (nSPS) is 23.6. The molecule has 18 heavy (non-hydrogen) atoms. The lowest BCUT2D eigenvalue weighted by Crippen LogP contribution is -2.43. The summed E-state index contributed by atoms with van der Waals surface area (Å²) in [5.74, 6) is 0.998. The van der Waals surface area contributed by atoms with Gasteiger partial charge in [-0.25, -0.2) is 0 Å². The molecule has 0 saturated heterocycles. The highest BCUT2D eigenvalue weighted by Gasteiger charge is 2.27. The molecule has 1 aromatic carbocycles. The van der Waals surface area contributed by atoms with Crippen LogP contribution in [-0.4, -0.2) is 12.1 Å². The Balaban J connectivity index is 1.89. The molecule has 1 aliphatic rings. The second-order valence-electron chi connectivity index (χ2n) is 6.68. The third-order valence-electron chi connectivity index (χ3n) is 3.50. The maximum atomic E-state index is 5.91. The molecule has 0 atom stereocenters. The Morgan fingerprint density at radius 1 is 1.28 bits per heavy atom. The van der Waals surface area contributed by atoms with Crippen LogP contribution in [0.2, 0.25) is 0 Å². The largest absolute Gasteiger partial charge is 0.490 e. The number of benzene rings is 1. The minimum Gasteiger partial charge on any atom is -0.490 e. The summed E-state index contributed by atoms with van der Waals surface area (Å²) in [6, 6.07) is 8.84. The van der Waals surface area contributed by atoms with Crippen molar-refractivity contribution in [2.45, 2.75) is 58.6 Å². The topological polar surface area (TPSA) is 35.2 Å². The van der Waals surface area contributed by atoms with Crippen molar-refractivity contribution in [1.29, 1.82) is 0 Å². The van der Waals surface area contributed by atoms with Crippen LogP contribution in [0.3, 0.4) is 0 Å². The Hall–Kier alpha value is -1.02. The van der Waals surface area contributed by atoms with E-state index in [2.05, 4.69) is 39.0 Å². The zero-order chi connectivity index (χ0) is 13.2. The van der Waals surface area contributed by atoms with Gasteiger partial charge in [0.25, 0.3) is 0 Å². The van der Waals surface area contributed by atoms with Crippen molar-refractivity contribution in [2.75, 3.05) is 0 Å². The molecule has 0 spiro atoms. The number of rotatable bonds is 4. The van der Waals surface area contributed by atoms with E-state index in [0.29, 0.717) is 17.6 Å². The van der Waals surface area contributed by atoms with Gasteiger partial charge in [0.2, 0.25) is 0 Å². The summed E-state index contributed by atoms with van der Waals surface area (Å²) in [6.07, 6.45) is 4.63. The van der Waals surface area contributed by atoms with Crippen molar-refractivity contribution >= 4 is 0 Å². The highest BCUT2D eigenvalue weighted by atomic mass is 16.5. The van der Waals surface area contributed by atoms with Gasteiger partial charge >= 0.3 is 0 Å². The lowest BCUT2D eigenvalue weighted by molar-refractivity contribution is 0.101. The van der Waals surface area contributed by atoms with Crippen LogP contribution in [0.15, 0.2) is 24.3 Å². The van der Waals surface area contributed by atoms with Gasteiger partial charge in [0.05, 0.1) is 0 Å². The van der Waals surface area contributed by atoms with Crippen LogP contribution in [0.1, 0.15) is 45.6 Å². The van der Waals surface area contributed by atoms with Crippen LogP contribution < -0.4 is 10.5 Å². The van der Waals surface area contributed by atoms with Crippen LogP contribution in [0, 0.1) is 5.41 Å². The third-order valence-corrected chi connectivity index (χ3v) is 3.50. The van der Waals surface area contributed by atoms with Gasteiger partial charge < -0.3 is 10.5 Å². The number of nitrogens with two attached hydrogens (primary N) is 1. The van der Waals surface area contributed by atoms with E-state index >= 15 is 0 Å². The average Bonchev–Trinajstić information content (AvgIpc) is 2.24. The average molecular weight is 247 g/mol. The summed E-state index contributed by atoms with van der Waals surface area (Å²) < 4.78 is 5.91. The van der Waals surface area contributed by atoms with E-state index in [0.717, 1.165) is 25.0 Å². The summed E-state index contributed by atoms with van der Waals surface area (Å²) in [5.41, 5.74) is 7.52. The fourth-order valence-electron chi connectivity index (χ4n) is 2.19. The molecule has 0 heterocycles. The van der Waals surface area contributed by atoms with E-state index in [9.17, 15) is 0 Å². The fourth-order valence-corrected chi connectivity index (χ4v) is 2.19. The third kappa shape index (κ3) is 4.02. The van der Waals surface area contributed by atoms with Crippen molar-refractivity contribution in [3.8, 4) is 5.75 Å². The molecule has 0 aliphatic heterocycles. The zero-order valence-corrected chi connectivity index (χ0v) is 11.8. The molecule has 0 radical (unpaired) electrons. The molecular formula is C16H25NO. The van der Waals surface area contributed by atoms with Crippen molar-refractivity contribution in [1.82, 2.24) is 0 Å². The van der Waals surface area contributed by atoms with Gasteiger partial charge in [-0.1, -0.05) is 32.9 Å².